The Morgan fingerprint density at radius 2 is 1.68 bits per heavy atom. The molecule has 0 fully saturated rings. The monoisotopic (exact) mass is 257 g/mol. The van der Waals surface area contributed by atoms with Crippen molar-refractivity contribution in [3.8, 4) is 0 Å². The third kappa shape index (κ3) is 2.93. The summed E-state index contributed by atoms with van der Waals surface area (Å²) < 4.78 is 0. The van der Waals surface area contributed by atoms with Gasteiger partial charge in [0.25, 0.3) is 0 Å². The molecule has 0 saturated heterocycles. The molecule has 1 aromatic heterocycles. The minimum absolute atomic E-state index is 0.262. The van der Waals surface area contributed by atoms with Gasteiger partial charge in [-0.3, -0.25) is 0 Å². The standard InChI is InChI=1S/C14H19N5/c1-9-5-10(2)7-11(6-9)19(4)13-8-12(16-3)17-14(15)18-13/h5-8H,1-4H3,(H3,15,16,17,18). The molecule has 0 atom stereocenters. The van der Waals surface area contributed by atoms with Crippen molar-refractivity contribution < 1.29 is 0 Å². The van der Waals surface area contributed by atoms with Crippen LogP contribution in [0.5, 0.6) is 0 Å². The van der Waals surface area contributed by atoms with Crippen LogP contribution < -0.4 is 16.0 Å². The molecule has 2 rings (SSSR count). The smallest absolute Gasteiger partial charge is 0.223 e. The number of hydrogen-bond acceptors (Lipinski definition) is 5. The van der Waals surface area contributed by atoms with Crippen molar-refractivity contribution in [1.29, 1.82) is 0 Å². The highest BCUT2D eigenvalue weighted by Gasteiger charge is 2.09. The molecule has 2 aromatic rings. The second-order valence-corrected chi connectivity index (χ2v) is 4.62. The Morgan fingerprint density at radius 1 is 1.05 bits per heavy atom. The number of aryl methyl sites for hydroxylation is 2. The zero-order valence-electron chi connectivity index (χ0n) is 11.7. The fourth-order valence-electron chi connectivity index (χ4n) is 2.03. The van der Waals surface area contributed by atoms with Gasteiger partial charge in [-0.15, -0.1) is 0 Å². The van der Waals surface area contributed by atoms with Gasteiger partial charge in [-0.05, 0) is 37.1 Å². The first-order chi connectivity index (χ1) is 8.99. The van der Waals surface area contributed by atoms with E-state index in [0.29, 0.717) is 5.82 Å². The molecule has 0 unspecified atom stereocenters. The Balaban J connectivity index is 2.43. The van der Waals surface area contributed by atoms with Crippen LogP contribution in [0.3, 0.4) is 0 Å². The van der Waals surface area contributed by atoms with Crippen LogP contribution in [0.1, 0.15) is 11.1 Å². The number of benzene rings is 1. The third-order valence-electron chi connectivity index (χ3n) is 2.92. The summed E-state index contributed by atoms with van der Waals surface area (Å²) in [6, 6.07) is 8.24. The molecular formula is C14H19N5. The quantitative estimate of drug-likeness (QED) is 0.884. The van der Waals surface area contributed by atoms with Crippen LogP contribution in [0.4, 0.5) is 23.3 Å². The average molecular weight is 257 g/mol. The second kappa shape index (κ2) is 5.14. The van der Waals surface area contributed by atoms with E-state index in [0.717, 1.165) is 11.5 Å². The molecule has 0 radical (unpaired) electrons. The number of nitrogens with two attached hydrogens (primary N) is 1. The van der Waals surface area contributed by atoms with Crippen molar-refractivity contribution in [3.63, 3.8) is 0 Å². The number of nitrogens with zero attached hydrogens (tertiary/aromatic N) is 3. The van der Waals surface area contributed by atoms with E-state index >= 15 is 0 Å². The lowest BCUT2D eigenvalue weighted by molar-refractivity contribution is 1.08. The maximum Gasteiger partial charge on any atom is 0.223 e. The zero-order valence-corrected chi connectivity index (χ0v) is 11.7. The fraction of sp³-hybridized carbons (Fsp3) is 0.286. The number of hydrogen-bond donors (Lipinski definition) is 2. The number of nitrogen functional groups attached to an aromatic ring is 1. The highest BCUT2D eigenvalue weighted by atomic mass is 15.2. The highest BCUT2D eigenvalue weighted by Crippen LogP contribution is 2.25. The minimum atomic E-state index is 0.262. The molecule has 5 heteroatoms. The molecule has 1 heterocycles. The van der Waals surface area contributed by atoms with E-state index in [4.69, 9.17) is 5.73 Å². The van der Waals surface area contributed by atoms with Crippen LogP contribution in [-0.2, 0) is 0 Å². The first kappa shape index (κ1) is 13.1. The van der Waals surface area contributed by atoms with Gasteiger partial charge in [0, 0.05) is 25.8 Å². The molecule has 3 N–H and O–H groups in total. The second-order valence-electron chi connectivity index (χ2n) is 4.62. The van der Waals surface area contributed by atoms with E-state index in [1.165, 1.54) is 11.1 Å². The largest absolute Gasteiger partial charge is 0.373 e. The van der Waals surface area contributed by atoms with Crippen molar-refractivity contribution in [3.05, 3.63) is 35.4 Å². The molecule has 0 aliphatic carbocycles. The Labute approximate surface area is 113 Å². The summed E-state index contributed by atoms with van der Waals surface area (Å²) in [5.41, 5.74) is 9.24. The van der Waals surface area contributed by atoms with Gasteiger partial charge in [0.2, 0.25) is 5.95 Å². The normalized spacial score (nSPS) is 10.3. The summed E-state index contributed by atoms with van der Waals surface area (Å²) >= 11 is 0. The van der Waals surface area contributed by atoms with E-state index in [9.17, 15) is 0 Å². The summed E-state index contributed by atoms with van der Waals surface area (Å²) in [6.07, 6.45) is 0. The molecule has 0 bridgehead atoms. The van der Waals surface area contributed by atoms with Crippen LogP contribution in [0.2, 0.25) is 0 Å². The molecule has 0 aliphatic rings. The first-order valence-corrected chi connectivity index (χ1v) is 6.14. The SMILES string of the molecule is CNc1cc(N(C)c2cc(C)cc(C)c2)nc(N)n1. The van der Waals surface area contributed by atoms with Crippen molar-refractivity contribution in [2.45, 2.75) is 13.8 Å². The lowest BCUT2D eigenvalue weighted by Crippen LogP contribution is -2.13. The van der Waals surface area contributed by atoms with Crippen LogP contribution >= 0.6 is 0 Å². The molecule has 5 nitrogen and oxygen atoms in total. The molecule has 0 aliphatic heterocycles. The van der Waals surface area contributed by atoms with Crippen LogP contribution in [-0.4, -0.2) is 24.1 Å². The molecule has 0 amide bonds. The summed E-state index contributed by atoms with van der Waals surface area (Å²) in [5.74, 6) is 1.73. The maximum atomic E-state index is 5.72. The van der Waals surface area contributed by atoms with Gasteiger partial charge in [0.1, 0.15) is 11.6 Å². The van der Waals surface area contributed by atoms with Crippen molar-refractivity contribution in [2.24, 2.45) is 0 Å². The summed E-state index contributed by atoms with van der Waals surface area (Å²) in [6.45, 7) is 4.16. The van der Waals surface area contributed by atoms with Crippen molar-refractivity contribution in [1.82, 2.24) is 9.97 Å². The first-order valence-electron chi connectivity index (χ1n) is 6.14. The summed E-state index contributed by atoms with van der Waals surface area (Å²) in [4.78, 5) is 10.4. The number of anilines is 4. The number of nitrogens with one attached hydrogen (secondary N) is 1. The van der Waals surface area contributed by atoms with E-state index < -0.39 is 0 Å². The zero-order chi connectivity index (χ0) is 14.0. The van der Waals surface area contributed by atoms with E-state index in [1.807, 2.05) is 25.1 Å². The predicted molar refractivity (Wildman–Crippen MR) is 80.0 cm³/mol. The fourth-order valence-corrected chi connectivity index (χ4v) is 2.03. The lowest BCUT2D eigenvalue weighted by Gasteiger charge is -2.20. The highest BCUT2D eigenvalue weighted by molar-refractivity contribution is 5.64. The third-order valence-corrected chi connectivity index (χ3v) is 2.92. The van der Waals surface area contributed by atoms with Crippen molar-refractivity contribution >= 4 is 23.3 Å². The minimum Gasteiger partial charge on any atom is -0.373 e. The van der Waals surface area contributed by atoms with Crippen LogP contribution in [0.15, 0.2) is 24.3 Å². The number of aromatic nitrogens is 2. The Morgan fingerprint density at radius 3 is 2.26 bits per heavy atom. The van der Waals surface area contributed by atoms with E-state index in [2.05, 4.69) is 47.3 Å². The molecule has 100 valence electrons. The lowest BCUT2D eigenvalue weighted by atomic mass is 10.1. The van der Waals surface area contributed by atoms with E-state index in [-0.39, 0.29) is 5.95 Å². The molecule has 1 aromatic carbocycles. The van der Waals surface area contributed by atoms with Gasteiger partial charge < -0.3 is 16.0 Å². The molecule has 0 saturated carbocycles. The predicted octanol–water partition coefficient (Wildman–Crippen LogP) is 2.49. The maximum absolute atomic E-state index is 5.72. The Bertz CT molecular complexity index is 574. The van der Waals surface area contributed by atoms with Crippen LogP contribution in [0, 0.1) is 13.8 Å². The molecular weight excluding hydrogens is 238 g/mol. The van der Waals surface area contributed by atoms with Crippen molar-refractivity contribution in [2.75, 3.05) is 30.0 Å². The summed E-state index contributed by atoms with van der Waals surface area (Å²) in [5, 5.41) is 2.98. The Kier molecular flexibility index (Phi) is 3.55. The van der Waals surface area contributed by atoms with E-state index in [1.54, 1.807) is 0 Å². The molecule has 19 heavy (non-hydrogen) atoms. The van der Waals surface area contributed by atoms with Gasteiger partial charge in [-0.1, -0.05) is 6.07 Å². The Hall–Kier alpha value is -2.30. The van der Waals surface area contributed by atoms with Gasteiger partial charge >= 0.3 is 0 Å². The van der Waals surface area contributed by atoms with Gasteiger partial charge in [-0.25, -0.2) is 0 Å². The van der Waals surface area contributed by atoms with Gasteiger partial charge in [-0.2, -0.15) is 9.97 Å². The number of rotatable bonds is 3. The summed E-state index contributed by atoms with van der Waals surface area (Å²) in [7, 11) is 3.78. The average Bonchev–Trinajstić information content (AvgIpc) is 2.35. The van der Waals surface area contributed by atoms with Gasteiger partial charge in [0.15, 0.2) is 0 Å². The topological polar surface area (TPSA) is 67.1 Å². The van der Waals surface area contributed by atoms with Crippen LogP contribution in [0.25, 0.3) is 0 Å². The molecule has 0 spiro atoms. The van der Waals surface area contributed by atoms with Gasteiger partial charge in [0.05, 0.1) is 0 Å².